The first-order valence-electron chi connectivity index (χ1n) is 4.36. The molecule has 1 heterocycles. The Bertz CT molecular complexity index is 552. The molecule has 0 aliphatic rings. The van der Waals surface area contributed by atoms with E-state index in [4.69, 9.17) is 23.2 Å². The summed E-state index contributed by atoms with van der Waals surface area (Å²) in [5, 5.41) is 1.46. The number of pyridine rings is 1. The fourth-order valence-corrected chi connectivity index (χ4v) is 1.98. The van der Waals surface area contributed by atoms with E-state index in [1.54, 1.807) is 6.92 Å². The molecule has 0 aliphatic heterocycles. The summed E-state index contributed by atoms with van der Waals surface area (Å²) < 4.78 is 0. The summed E-state index contributed by atoms with van der Waals surface area (Å²) >= 11 is 11.4. The Labute approximate surface area is 96.8 Å². The molecule has 0 saturated carbocycles. The van der Waals surface area contributed by atoms with Gasteiger partial charge in [0.05, 0.1) is 0 Å². The average molecular weight is 240 g/mol. The fraction of sp³-hybridized carbons (Fsp3) is 0.0909. The van der Waals surface area contributed by atoms with Crippen molar-refractivity contribution < 1.29 is 4.79 Å². The van der Waals surface area contributed by atoms with Crippen molar-refractivity contribution >= 4 is 39.2 Å². The number of carbonyl (C=O) groups is 1. The lowest BCUT2D eigenvalue weighted by Gasteiger charge is -2.06. The van der Waals surface area contributed by atoms with Gasteiger partial charge in [0.1, 0.15) is 10.8 Å². The van der Waals surface area contributed by atoms with Gasteiger partial charge in [-0.1, -0.05) is 35.9 Å². The maximum Gasteiger partial charge on any atom is 0.271 e. The minimum atomic E-state index is -0.583. The Hall–Kier alpha value is -1.12. The second kappa shape index (κ2) is 3.80. The predicted molar refractivity (Wildman–Crippen MR) is 61.7 cm³/mol. The minimum Gasteiger partial charge on any atom is -0.274 e. The molecule has 0 unspecified atom stereocenters. The van der Waals surface area contributed by atoms with Crippen molar-refractivity contribution in [3.8, 4) is 0 Å². The molecule has 0 aliphatic carbocycles. The Morgan fingerprint density at radius 2 is 1.87 bits per heavy atom. The monoisotopic (exact) mass is 239 g/mol. The van der Waals surface area contributed by atoms with Crippen LogP contribution >= 0.6 is 23.2 Å². The second-order valence-electron chi connectivity index (χ2n) is 3.20. The van der Waals surface area contributed by atoms with Crippen LogP contribution in [0, 0.1) is 6.92 Å². The van der Waals surface area contributed by atoms with Crippen molar-refractivity contribution in [1.82, 2.24) is 4.98 Å². The van der Waals surface area contributed by atoms with Crippen molar-refractivity contribution in [2.45, 2.75) is 6.92 Å². The lowest BCUT2D eigenvalue weighted by Crippen LogP contribution is -1.99. The molecule has 76 valence electrons. The third-order valence-electron chi connectivity index (χ3n) is 2.30. The van der Waals surface area contributed by atoms with Crippen LogP contribution in [0.15, 0.2) is 24.3 Å². The molecule has 2 nitrogen and oxygen atoms in total. The average Bonchev–Trinajstić information content (AvgIpc) is 2.23. The second-order valence-corrected chi connectivity index (χ2v) is 3.90. The minimum absolute atomic E-state index is 0.223. The van der Waals surface area contributed by atoms with Crippen LogP contribution in [-0.2, 0) is 0 Å². The van der Waals surface area contributed by atoms with Gasteiger partial charge in [-0.25, -0.2) is 4.98 Å². The molecule has 2 aromatic rings. The van der Waals surface area contributed by atoms with E-state index in [2.05, 4.69) is 4.98 Å². The van der Waals surface area contributed by atoms with Crippen LogP contribution in [0.3, 0.4) is 0 Å². The number of carbonyl (C=O) groups excluding carboxylic acids is 1. The van der Waals surface area contributed by atoms with Gasteiger partial charge in [0.15, 0.2) is 0 Å². The van der Waals surface area contributed by atoms with E-state index in [-0.39, 0.29) is 5.69 Å². The molecule has 4 heteroatoms. The predicted octanol–water partition coefficient (Wildman–Crippen LogP) is 3.58. The van der Waals surface area contributed by atoms with Crippen LogP contribution in [0.5, 0.6) is 0 Å². The quantitative estimate of drug-likeness (QED) is 0.563. The van der Waals surface area contributed by atoms with Crippen molar-refractivity contribution in [2.75, 3.05) is 0 Å². The van der Waals surface area contributed by atoms with Crippen LogP contribution in [0.1, 0.15) is 16.1 Å². The van der Waals surface area contributed by atoms with E-state index in [1.165, 1.54) is 0 Å². The molecule has 0 saturated heterocycles. The number of hydrogen-bond acceptors (Lipinski definition) is 2. The zero-order chi connectivity index (χ0) is 11.0. The highest BCUT2D eigenvalue weighted by molar-refractivity contribution is 6.67. The lowest BCUT2D eigenvalue weighted by molar-refractivity contribution is 0.107. The molecule has 0 atom stereocenters. The van der Waals surface area contributed by atoms with Crippen LogP contribution in [0.2, 0.25) is 5.15 Å². The molecule has 15 heavy (non-hydrogen) atoms. The van der Waals surface area contributed by atoms with Gasteiger partial charge in [-0.2, -0.15) is 0 Å². The molecule has 0 bridgehead atoms. The number of halogens is 2. The van der Waals surface area contributed by atoms with Gasteiger partial charge in [-0.05, 0) is 29.5 Å². The van der Waals surface area contributed by atoms with Gasteiger partial charge >= 0.3 is 0 Å². The first kappa shape index (κ1) is 10.4. The summed E-state index contributed by atoms with van der Waals surface area (Å²) in [6, 6.07) is 7.51. The third-order valence-corrected chi connectivity index (χ3v) is 2.77. The highest BCUT2D eigenvalue weighted by Crippen LogP contribution is 2.26. The standard InChI is InChI=1S/C11H7Cl2NO/c1-6-7-4-2-3-5-8(7)10(12)14-9(6)11(13)15/h2-5H,1H3. The third kappa shape index (κ3) is 1.71. The normalized spacial score (nSPS) is 10.6. The number of benzene rings is 1. The molecule has 2 rings (SSSR count). The first-order valence-corrected chi connectivity index (χ1v) is 5.11. The summed E-state index contributed by atoms with van der Waals surface area (Å²) in [7, 11) is 0. The van der Waals surface area contributed by atoms with Gasteiger partial charge in [0.2, 0.25) is 0 Å². The zero-order valence-electron chi connectivity index (χ0n) is 7.92. The van der Waals surface area contributed by atoms with Gasteiger partial charge in [0.25, 0.3) is 5.24 Å². The van der Waals surface area contributed by atoms with Crippen molar-refractivity contribution in [2.24, 2.45) is 0 Å². The maximum absolute atomic E-state index is 11.1. The number of aromatic nitrogens is 1. The number of hydrogen-bond donors (Lipinski definition) is 0. The first-order chi connectivity index (χ1) is 7.11. The number of rotatable bonds is 1. The number of nitrogens with zero attached hydrogens (tertiary/aromatic N) is 1. The van der Waals surface area contributed by atoms with Crippen LogP contribution in [0.4, 0.5) is 0 Å². The Balaban J connectivity index is 2.90. The van der Waals surface area contributed by atoms with Gasteiger partial charge in [-0.15, -0.1) is 0 Å². The Morgan fingerprint density at radius 3 is 2.47 bits per heavy atom. The molecule has 0 radical (unpaired) electrons. The van der Waals surface area contributed by atoms with Gasteiger partial charge in [0, 0.05) is 5.39 Å². The molecule has 0 N–H and O–H groups in total. The maximum atomic E-state index is 11.1. The summed E-state index contributed by atoms with van der Waals surface area (Å²) in [6.07, 6.45) is 0. The van der Waals surface area contributed by atoms with Crippen molar-refractivity contribution in [1.29, 1.82) is 0 Å². The lowest BCUT2D eigenvalue weighted by atomic mass is 10.1. The fourth-order valence-electron chi connectivity index (χ4n) is 1.55. The van der Waals surface area contributed by atoms with Crippen LogP contribution in [0.25, 0.3) is 10.8 Å². The van der Waals surface area contributed by atoms with E-state index in [1.807, 2.05) is 24.3 Å². The molecule has 1 aromatic heterocycles. The topological polar surface area (TPSA) is 30.0 Å². The largest absolute Gasteiger partial charge is 0.274 e. The molecule has 0 spiro atoms. The zero-order valence-corrected chi connectivity index (χ0v) is 9.43. The van der Waals surface area contributed by atoms with Crippen molar-refractivity contribution in [3.63, 3.8) is 0 Å². The van der Waals surface area contributed by atoms with E-state index >= 15 is 0 Å². The summed E-state index contributed by atoms with van der Waals surface area (Å²) in [4.78, 5) is 15.1. The highest BCUT2D eigenvalue weighted by atomic mass is 35.5. The number of fused-ring (bicyclic) bond motifs is 1. The van der Waals surface area contributed by atoms with E-state index < -0.39 is 5.24 Å². The van der Waals surface area contributed by atoms with E-state index in [0.29, 0.717) is 5.15 Å². The van der Waals surface area contributed by atoms with E-state index in [9.17, 15) is 4.79 Å². The molecule has 0 amide bonds. The summed E-state index contributed by atoms with van der Waals surface area (Å²) in [5.41, 5.74) is 0.982. The SMILES string of the molecule is Cc1c(C(=O)Cl)nc(Cl)c2ccccc12. The Morgan fingerprint density at radius 1 is 1.27 bits per heavy atom. The van der Waals surface area contributed by atoms with Crippen molar-refractivity contribution in [3.05, 3.63) is 40.7 Å². The molecular weight excluding hydrogens is 233 g/mol. The molecule has 0 fully saturated rings. The van der Waals surface area contributed by atoms with Crippen LogP contribution in [-0.4, -0.2) is 10.2 Å². The van der Waals surface area contributed by atoms with Crippen LogP contribution < -0.4 is 0 Å². The summed E-state index contributed by atoms with van der Waals surface area (Å²) in [6.45, 7) is 1.81. The smallest absolute Gasteiger partial charge is 0.271 e. The molecular formula is C11H7Cl2NO. The Kier molecular flexibility index (Phi) is 2.63. The van der Waals surface area contributed by atoms with E-state index in [0.717, 1.165) is 16.3 Å². The van der Waals surface area contributed by atoms with Gasteiger partial charge in [-0.3, -0.25) is 4.79 Å². The highest BCUT2D eigenvalue weighted by Gasteiger charge is 2.13. The summed E-state index contributed by atoms with van der Waals surface area (Å²) in [5.74, 6) is 0. The van der Waals surface area contributed by atoms with Gasteiger partial charge < -0.3 is 0 Å². The number of aryl methyl sites for hydroxylation is 1. The molecule has 1 aromatic carbocycles.